The van der Waals surface area contributed by atoms with Crippen LogP contribution in [0.1, 0.15) is 13.3 Å². The number of hydrogen-bond acceptors (Lipinski definition) is 2. The van der Waals surface area contributed by atoms with Crippen molar-refractivity contribution in [2.45, 2.75) is 18.9 Å². The summed E-state index contributed by atoms with van der Waals surface area (Å²) in [6.45, 7) is 4.05. The molecule has 8 heavy (non-hydrogen) atoms. The van der Waals surface area contributed by atoms with Crippen LogP contribution in [0.5, 0.6) is 0 Å². The minimum absolute atomic E-state index is 0.0295. The molecule has 2 heteroatoms. The fraction of sp³-hybridized carbons (Fsp3) is 0.833. The quantitative estimate of drug-likeness (QED) is 0.455. The van der Waals surface area contributed by atoms with E-state index in [0.29, 0.717) is 0 Å². The number of rotatable bonds is 0. The summed E-state index contributed by atoms with van der Waals surface area (Å²) >= 11 is 0. The van der Waals surface area contributed by atoms with Crippen molar-refractivity contribution in [3.05, 3.63) is 7.05 Å². The first-order chi connectivity index (χ1) is 3.60. The Morgan fingerprint density at radius 1 is 1.75 bits per heavy atom. The van der Waals surface area contributed by atoms with Crippen molar-refractivity contribution in [3.8, 4) is 0 Å². The number of nitrogens with two attached hydrogens (primary N) is 1. The van der Waals surface area contributed by atoms with Gasteiger partial charge < -0.3 is 10.6 Å². The Labute approximate surface area is 50.7 Å². The Morgan fingerprint density at radius 2 is 2.38 bits per heavy atom. The minimum atomic E-state index is 0.0295. The highest BCUT2D eigenvalue weighted by atomic mass is 15.1. The highest BCUT2D eigenvalue weighted by Crippen LogP contribution is 2.15. The number of nitrogens with zero attached hydrogens (tertiary/aromatic N) is 1. The molecule has 2 nitrogen and oxygen atoms in total. The van der Waals surface area contributed by atoms with Crippen molar-refractivity contribution < 1.29 is 0 Å². The maximum atomic E-state index is 5.79. The van der Waals surface area contributed by atoms with E-state index >= 15 is 0 Å². The molecule has 0 aromatic heterocycles. The standard InChI is InChI=1S/C6H13N2/c1-6(7)3-4-8(2)5-6/h2-5,7H2,1H3/q-1/t6-/m0/s1. The third-order valence-electron chi connectivity index (χ3n) is 1.58. The van der Waals surface area contributed by atoms with E-state index in [0.717, 1.165) is 19.5 Å². The van der Waals surface area contributed by atoms with E-state index in [9.17, 15) is 0 Å². The van der Waals surface area contributed by atoms with E-state index in [2.05, 4.69) is 14.0 Å². The average molecular weight is 113 g/mol. The van der Waals surface area contributed by atoms with E-state index in [-0.39, 0.29) is 5.54 Å². The molecule has 0 aromatic rings. The molecule has 1 aliphatic rings. The zero-order chi connectivity index (χ0) is 6.20. The molecule has 0 saturated carbocycles. The van der Waals surface area contributed by atoms with Gasteiger partial charge in [-0.1, -0.05) is 0 Å². The van der Waals surface area contributed by atoms with Gasteiger partial charge in [0.25, 0.3) is 0 Å². The number of likely N-dealkylation sites (tertiary alicyclic amines) is 1. The third-order valence-corrected chi connectivity index (χ3v) is 1.58. The highest BCUT2D eigenvalue weighted by molar-refractivity contribution is 4.89. The van der Waals surface area contributed by atoms with Gasteiger partial charge in [0.2, 0.25) is 0 Å². The van der Waals surface area contributed by atoms with Gasteiger partial charge in [0.15, 0.2) is 0 Å². The maximum absolute atomic E-state index is 5.79. The summed E-state index contributed by atoms with van der Waals surface area (Å²) in [4.78, 5) is 2.01. The Bertz CT molecular complexity index is 88.5. The van der Waals surface area contributed by atoms with E-state index < -0.39 is 0 Å². The Morgan fingerprint density at radius 3 is 2.50 bits per heavy atom. The fourth-order valence-electron chi connectivity index (χ4n) is 1.08. The molecule has 0 unspecified atom stereocenters. The zero-order valence-electron chi connectivity index (χ0n) is 5.35. The van der Waals surface area contributed by atoms with E-state index in [1.165, 1.54) is 0 Å². The van der Waals surface area contributed by atoms with Crippen molar-refractivity contribution >= 4 is 0 Å². The monoisotopic (exact) mass is 113 g/mol. The lowest BCUT2D eigenvalue weighted by Gasteiger charge is -2.20. The first-order valence-corrected chi connectivity index (χ1v) is 2.94. The molecule has 0 radical (unpaired) electrons. The molecule has 48 valence electrons. The van der Waals surface area contributed by atoms with Crippen LogP contribution in [-0.2, 0) is 0 Å². The first-order valence-electron chi connectivity index (χ1n) is 2.94. The molecule has 1 atom stereocenters. The van der Waals surface area contributed by atoms with Gasteiger partial charge in [-0.3, -0.25) is 7.05 Å². The van der Waals surface area contributed by atoms with Crippen LogP contribution in [-0.4, -0.2) is 23.5 Å². The van der Waals surface area contributed by atoms with Gasteiger partial charge >= 0.3 is 0 Å². The molecule has 1 heterocycles. The lowest BCUT2D eigenvalue weighted by molar-refractivity contribution is 0.414. The highest BCUT2D eigenvalue weighted by Gasteiger charge is 2.23. The second kappa shape index (κ2) is 1.71. The molecule has 0 bridgehead atoms. The van der Waals surface area contributed by atoms with Gasteiger partial charge in [-0.2, -0.15) is 0 Å². The van der Waals surface area contributed by atoms with Crippen molar-refractivity contribution in [3.63, 3.8) is 0 Å². The van der Waals surface area contributed by atoms with Crippen LogP contribution < -0.4 is 5.73 Å². The van der Waals surface area contributed by atoms with Crippen LogP contribution in [0, 0.1) is 7.05 Å². The molecule has 1 rings (SSSR count). The Balaban J connectivity index is 2.44. The molecule has 1 saturated heterocycles. The van der Waals surface area contributed by atoms with Crippen LogP contribution in [0.25, 0.3) is 0 Å². The lowest BCUT2D eigenvalue weighted by atomic mass is 10.0. The Kier molecular flexibility index (Phi) is 1.29. The summed E-state index contributed by atoms with van der Waals surface area (Å²) in [5, 5.41) is 0. The summed E-state index contributed by atoms with van der Waals surface area (Å²) < 4.78 is 0. The van der Waals surface area contributed by atoms with Gasteiger partial charge in [-0.25, -0.2) is 0 Å². The lowest BCUT2D eigenvalue weighted by Crippen LogP contribution is -2.37. The summed E-state index contributed by atoms with van der Waals surface area (Å²) in [7, 11) is 3.79. The topological polar surface area (TPSA) is 29.3 Å². The molecule has 0 amide bonds. The van der Waals surface area contributed by atoms with E-state index in [1.807, 2.05) is 4.90 Å². The van der Waals surface area contributed by atoms with Gasteiger partial charge in [0.1, 0.15) is 0 Å². The van der Waals surface area contributed by atoms with Crippen LogP contribution in [0.2, 0.25) is 0 Å². The molecule has 0 aromatic carbocycles. The van der Waals surface area contributed by atoms with Crippen molar-refractivity contribution in [2.24, 2.45) is 5.73 Å². The number of hydrogen-bond donors (Lipinski definition) is 1. The smallest absolute Gasteiger partial charge is 0.0241 e. The molecule has 1 aliphatic heterocycles. The maximum Gasteiger partial charge on any atom is 0.0241 e. The first kappa shape index (κ1) is 6.05. The third kappa shape index (κ3) is 1.20. The van der Waals surface area contributed by atoms with Gasteiger partial charge in [-0.15, -0.1) is 0 Å². The molecule has 0 spiro atoms. The second-order valence-electron chi connectivity index (χ2n) is 2.96. The SMILES string of the molecule is [CH2-]N1CC[C@](C)(N)C1. The summed E-state index contributed by atoms with van der Waals surface area (Å²) in [6, 6.07) is 0. The van der Waals surface area contributed by atoms with Gasteiger partial charge in [-0.05, 0) is 26.4 Å². The molecule has 0 aliphatic carbocycles. The Hall–Kier alpha value is -0.0800. The molecular formula is C6H13N2-. The minimum Gasteiger partial charge on any atom is -0.458 e. The van der Waals surface area contributed by atoms with Crippen molar-refractivity contribution in [1.82, 2.24) is 4.90 Å². The van der Waals surface area contributed by atoms with Crippen LogP contribution >= 0.6 is 0 Å². The molecule has 2 N–H and O–H groups in total. The molecular weight excluding hydrogens is 100 g/mol. The zero-order valence-corrected chi connectivity index (χ0v) is 5.35. The molecule has 1 fully saturated rings. The predicted octanol–water partition coefficient (Wildman–Crippen LogP) is 0.201. The largest absolute Gasteiger partial charge is 0.458 e. The van der Waals surface area contributed by atoms with Crippen molar-refractivity contribution in [2.75, 3.05) is 13.1 Å². The van der Waals surface area contributed by atoms with Crippen LogP contribution in [0.15, 0.2) is 0 Å². The van der Waals surface area contributed by atoms with Gasteiger partial charge in [0, 0.05) is 5.54 Å². The van der Waals surface area contributed by atoms with Gasteiger partial charge in [0.05, 0.1) is 0 Å². The summed E-state index contributed by atoms with van der Waals surface area (Å²) in [5.41, 5.74) is 5.82. The predicted molar refractivity (Wildman–Crippen MR) is 34.1 cm³/mol. The summed E-state index contributed by atoms with van der Waals surface area (Å²) in [5.74, 6) is 0. The van der Waals surface area contributed by atoms with E-state index in [4.69, 9.17) is 5.73 Å². The van der Waals surface area contributed by atoms with Crippen molar-refractivity contribution in [1.29, 1.82) is 0 Å². The van der Waals surface area contributed by atoms with E-state index in [1.54, 1.807) is 0 Å². The van der Waals surface area contributed by atoms with Crippen LogP contribution in [0.4, 0.5) is 0 Å². The summed E-state index contributed by atoms with van der Waals surface area (Å²) in [6.07, 6.45) is 1.08. The van der Waals surface area contributed by atoms with Crippen LogP contribution in [0.3, 0.4) is 0 Å². The fourth-order valence-corrected chi connectivity index (χ4v) is 1.08. The second-order valence-corrected chi connectivity index (χ2v) is 2.96. The normalized spacial score (nSPS) is 40.9. The average Bonchev–Trinajstić information content (AvgIpc) is 1.82.